The molecule has 4 rings (SSSR count). The summed E-state index contributed by atoms with van der Waals surface area (Å²) in [4.78, 5) is 20.0. The highest BCUT2D eigenvalue weighted by Crippen LogP contribution is 2.46. The Morgan fingerprint density at radius 2 is 1.78 bits per heavy atom. The molecule has 2 amide bonds. The summed E-state index contributed by atoms with van der Waals surface area (Å²) in [7, 11) is 0. The molecule has 2 heterocycles. The van der Waals surface area contributed by atoms with E-state index in [1.165, 1.54) is 17.0 Å². The lowest BCUT2D eigenvalue weighted by atomic mass is 9.97. The average Bonchev–Trinajstić information content (AvgIpc) is 2.95. The van der Waals surface area contributed by atoms with E-state index in [1.807, 2.05) is 6.07 Å². The maximum Gasteiger partial charge on any atom is 0.334 e. The van der Waals surface area contributed by atoms with Crippen LogP contribution < -0.4 is 20.4 Å². The first-order valence-electron chi connectivity index (χ1n) is 11.7. The molecule has 8 nitrogen and oxygen atoms in total. The quantitative estimate of drug-likeness (QED) is 0.387. The number of hydrogen-bond donors (Lipinski definition) is 3. The molecule has 3 aromatic rings. The normalized spacial score (nSPS) is 12.6. The summed E-state index contributed by atoms with van der Waals surface area (Å²) >= 11 is 0. The third-order valence-corrected chi connectivity index (χ3v) is 5.98. The number of urea groups is 1. The van der Waals surface area contributed by atoms with Gasteiger partial charge in [-0.15, -0.1) is 0 Å². The maximum absolute atomic E-state index is 15.5. The Hall–Kier alpha value is -4.14. The van der Waals surface area contributed by atoms with Crippen molar-refractivity contribution in [1.29, 1.82) is 5.26 Å². The van der Waals surface area contributed by atoms with Crippen LogP contribution in [-0.2, 0) is 0 Å². The van der Waals surface area contributed by atoms with Gasteiger partial charge in [0.25, 0.3) is 0 Å². The van der Waals surface area contributed by atoms with Crippen molar-refractivity contribution in [3.05, 3.63) is 65.1 Å². The Morgan fingerprint density at radius 1 is 1.05 bits per heavy atom. The van der Waals surface area contributed by atoms with Gasteiger partial charge in [-0.2, -0.15) is 5.26 Å². The van der Waals surface area contributed by atoms with Crippen molar-refractivity contribution in [2.45, 2.75) is 13.8 Å². The van der Waals surface area contributed by atoms with Gasteiger partial charge in [0.15, 0.2) is 11.6 Å². The molecule has 0 unspecified atom stereocenters. The number of hydrogen-bond acceptors (Lipinski definition) is 6. The van der Waals surface area contributed by atoms with Crippen molar-refractivity contribution in [2.75, 3.05) is 47.9 Å². The molecule has 1 aromatic heterocycles. The first kappa shape index (κ1) is 25.9. The van der Waals surface area contributed by atoms with E-state index in [9.17, 15) is 14.4 Å². The van der Waals surface area contributed by atoms with Crippen LogP contribution in [0.2, 0.25) is 0 Å². The molecule has 1 aliphatic rings. The number of pyridine rings is 1. The molecule has 0 bridgehead atoms. The summed E-state index contributed by atoms with van der Waals surface area (Å²) in [6.45, 7) is 4.57. The van der Waals surface area contributed by atoms with E-state index >= 15 is 8.78 Å². The molecule has 0 radical (unpaired) electrons. The zero-order valence-electron chi connectivity index (χ0n) is 20.3. The van der Waals surface area contributed by atoms with Crippen molar-refractivity contribution in [3.8, 4) is 17.2 Å². The molecule has 0 saturated heterocycles. The largest absolute Gasteiger partial charge is 0.395 e. The van der Waals surface area contributed by atoms with Crippen molar-refractivity contribution < 1.29 is 23.1 Å². The molecule has 0 atom stereocenters. The minimum Gasteiger partial charge on any atom is -0.395 e. The van der Waals surface area contributed by atoms with Gasteiger partial charge in [-0.25, -0.2) is 22.9 Å². The van der Waals surface area contributed by atoms with Gasteiger partial charge < -0.3 is 15.7 Å². The van der Waals surface area contributed by atoms with Crippen LogP contribution in [0.3, 0.4) is 0 Å². The fraction of sp³-hybridized carbons (Fsp3) is 0.269. The van der Waals surface area contributed by atoms with E-state index in [-0.39, 0.29) is 41.5 Å². The third kappa shape index (κ3) is 4.94. The second kappa shape index (κ2) is 10.9. The van der Waals surface area contributed by atoms with E-state index < -0.39 is 29.2 Å². The zero-order valence-corrected chi connectivity index (χ0v) is 20.3. The van der Waals surface area contributed by atoms with E-state index in [1.54, 1.807) is 19.9 Å². The average molecular weight is 511 g/mol. The summed E-state index contributed by atoms with van der Waals surface area (Å²) in [6, 6.07) is 7.53. The number of nitrogens with zero attached hydrogens (tertiary/aromatic N) is 4. The number of fused-ring (bicyclic) bond motifs is 3. The van der Waals surface area contributed by atoms with E-state index in [4.69, 9.17) is 5.11 Å². The van der Waals surface area contributed by atoms with Crippen LogP contribution in [0.25, 0.3) is 11.1 Å². The van der Waals surface area contributed by atoms with Gasteiger partial charge in [-0.3, -0.25) is 9.80 Å². The lowest BCUT2D eigenvalue weighted by Crippen LogP contribution is -2.41. The number of benzene rings is 2. The number of aliphatic hydroxyl groups excluding tert-OH is 1. The second-order valence-corrected chi connectivity index (χ2v) is 8.37. The summed E-state index contributed by atoms with van der Waals surface area (Å²) in [5.74, 6) is -2.53. The van der Waals surface area contributed by atoms with Crippen molar-refractivity contribution in [2.24, 2.45) is 0 Å². The van der Waals surface area contributed by atoms with E-state index in [0.29, 0.717) is 30.8 Å². The van der Waals surface area contributed by atoms with Crippen molar-refractivity contribution in [3.63, 3.8) is 0 Å². The maximum atomic E-state index is 15.5. The summed E-state index contributed by atoms with van der Waals surface area (Å²) in [6.07, 6.45) is 0.970. The molecule has 1 aliphatic heterocycles. The van der Waals surface area contributed by atoms with Crippen LogP contribution in [0.1, 0.15) is 18.1 Å². The van der Waals surface area contributed by atoms with Crippen LogP contribution in [0.4, 0.5) is 40.8 Å². The molecule has 0 spiro atoms. The zero-order chi connectivity index (χ0) is 26.7. The number of nitrogens with one attached hydrogen (secondary N) is 2. The highest BCUT2D eigenvalue weighted by Gasteiger charge is 2.36. The van der Waals surface area contributed by atoms with Gasteiger partial charge >= 0.3 is 6.03 Å². The monoisotopic (exact) mass is 510 g/mol. The number of nitriles is 1. The highest BCUT2D eigenvalue weighted by atomic mass is 19.1. The topological polar surface area (TPSA) is 105 Å². The molecule has 37 heavy (non-hydrogen) atoms. The first-order chi connectivity index (χ1) is 17.8. The lowest BCUT2D eigenvalue weighted by Gasteiger charge is -2.28. The SMILES string of the molecule is CCN1C(=O)N(c2c(F)cc(NCCNCCO)cc2F)c2cc(C#N)c(C)cc2-c2cc(F)cnc21. The number of aromatic nitrogens is 1. The number of carbonyl (C=O) groups excluding carboxylic acids is 1. The van der Waals surface area contributed by atoms with Crippen molar-refractivity contribution in [1.82, 2.24) is 10.3 Å². The summed E-state index contributed by atoms with van der Waals surface area (Å²) in [5, 5.41) is 24.3. The number of rotatable bonds is 8. The standard InChI is InChI=1S/C26H25F3N6O2/c1-3-34-25-20(10-17(27)14-33-25)19-8-15(2)16(13-30)9-23(19)35(26(34)37)24-21(28)11-18(12-22(24)29)32-5-4-31-6-7-36/h8-12,14,31-32,36H,3-7H2,1-2H3. The van der Waals surface area contributed by atoms with Gasteiger partial charge in [-0.05, 0) is 49.7 Å². The van der Waals surface area contributed by atoms with Gasteiger partial charge in [0, 0.05) is 43.0 Å². The lowest BCUT2D eigenvalue weighted by molar-refractivity contribution is 0.253. The fourth-order valence-electron chi connectivity index (χ4n) is 4.26. The minimum atomic E-state index is -1.01. The van der Waals surface area contributed by atoms with Crippen LogP contribution in [0.5, 0.6) is 0 Å². The fourth-order valence-corrected chi connectivity index (χ4v) is 4.26. The predicted octanol–water partition coefficient (Wildman–Crippen LogP) is 4.44. The van der Waals surface area contributed by atoms with Crippen LogP contribution in [0.15, 0.2) is 36.5 Å². The number of amides is 2. The summed E-state index contributed by atoms with van der Waals surface area (Å²) < 4.78 is 45.3. The molecule has 11 heteroatoms. The molecular formula is C26H25F3N6O2. The van der Waals surface area contributed by atoms with Gasteiger partial charge in [0.2, 0.25) is 0 Å². The molecule has 3 N–H and O–H groups in total. The van der Waals surface area contributed by atoms with Crippen LogP contribution in [0, 0.1) is 35.7 Å². The Labute approximate surface area is 212 Å². The molecule has 0 saturated carbocycles. The van der Waals surface area contributed by atoms with Gasteiger partial charge in [0.1, 0.15) is 17.3 Å². The van der Waals surface area contributed by atoms with Crippen LogP contribution >= 0.6 is 0 Å². The van der Waals surface area contributed by atoms with E-state index in [2.05, 4.69) is 15.6 Å². The Kier molecular flexibility index (Phi) is 7.61. The molecule has 2 aromatic carbocycles. The predicted molar refractivity (Wildman–Crippen MR) is 134 cm³/mol. The third-order valence-electron chi connectivity index (χ3n) is 5.98. The second-order valence-electron chi connectivity index (χ2n) is 8.37. The van der Waals surface area contributed by atoms with E-state index in [0.717, 1.165) is 23.2 Å². The number of aliphatic hydroxyl groups is 1. The highest BCUT2D eigenvalue weighted by molar-refractivity contribution is 6.15. The molecule has 0 fully saturated rings. The number of carbonyl (C=O) groups is 1. The Morgan fingerprint density at radius 3 is 2.43 bits per heavy atom. The van der Waals surface area contributed by atoms with Gasteiger partial charge in [0.05, 0.1) is 30.1 Å². The van der Waals surface area contributed by atoms with Gasteiger partial charge in [-0.1, -0.05) is 0 Å². The Bertz CT molecular complexity index is 1370. The number of aryl methyl sites for hydroxylation is 1. The first-order valence-corrected chi connectivity index (χ1v) is 11.7. The Balaban J connectivity index is 1.88. The van der Waals surface area contributed by atoms with Crippen LogP contribution in [-0.4, -0.2) is 48.9 Å². The smallest absolute Gasteiger partial charge is 0.334 e. The summed E-state index contributed by atoms with van der Waals surface area (Å²) in [5.41, 5.74) is 0.866. The molecule has 192 valence electrons. The van der Waals surface area contributed by atoms with Crippen molar-refractivity contribution >= 4 is 28.9 Å². The minimum absolute atomic E-state index is 0.0306. The number of anilines is 4. The molecular weight excluding hydrogens is 485 g/mol. The molecule has 0 aliphatic carbocycles. The number of halogens is 3.